The minimum atomic E-state index is -0.425. The van der Waals surface area contributed by atoms with Gasteiger partial charge in [-0.15, -0.1) is 0 Å². The Balaban J connectivity index is 1.93. The second-order valence-electron chi connectivity index (χ2n) is 6.17. The molecule has 2 heterocycles. The fraction of sp³-hybridized carbons (Fsp3) is 0.200. The Kier molecular flexibility index (Phi) is 5.18. The second kappa shape index (κ2) is 7.70. The molecular formula is C20H19N5O2. The molecule has 2 aromatic heterocycles. The summed E-state index contributed by atoms with van der Waals surface area (Å²) in [6.07, 6.45) is 2.49. The molecule has 7 nitrogen and oxygen atoms in total. The van der Waals surface area contributed by atoms with Gasteiger partial charge < -0.3 is 10.6 Å². The van der Waals surface area contributed by atoms with Crippen LogP contribution in [-0.4, -0.2) is 27.2 Å². The van der Waals surface area contributed by atoms with Crippen molar-refractivity contribution in [1.29, 1.82) is 5.26 Å². The summed E-state index contributed by atoms with van der Waals surface area (Å²) in [5.41, 5.74) is 1.75. The van der Waals surface area contributed by atoms with Gasteiger partial charge in [0.25, 0.3) is 11.8 Å². The topological polar surface area (TPSA) is 99.3 Å². The van der Waals surface area contributed by atoms with Gasteiger partial charge in [0, 0.05) is 17.9 Å². The van der Waals surface area contributed by atoms with Crippen LogP contribution in [0.5, 0.6) is 0 Å². The number of hydrogen-bond donors (Lipinski definition) is 2. The molecule has 3 rings (SSSR count). The van der Waals surface area contributed by atoms with Crippen molar-refractivity contribution < 1.29 is 9.59 Å². The number of amides is 2. The van der Waals surface area contributed by atoms with Crippen molar-refractivity contribution in [3.05, 3.63) is 65.7 Å². The maximum absolute atomic E-state index is 12.7. The van der Waals surface area contributed by atoms with E-state index in [0.29, 0.717) is 16.8 Å². The summed E-state index contributed by atoms with van der Waals surface area (Å²) in [5.74, 6) is -0.593. The van der Waals surface area contributed by atoms with Gasteiger partial charge in [0.2, 0.25) is 5.82 Å². The molecule has 0 radical (unpaired) electrons. The third kappa shape index (κ3) is 3.80. The lowest BCUT2D eigenvalue weighted by molar-refractivity contribution is 0.0928. The van der Waals surface area contributed by atoms with Crippen molar-refractivity contribution in [2.75, 3.05) is 5.32 Å². The van der Waals surface area contributed by atoms with Crippen LogP contribution >= 0.6 is 0 Å². The molecule has 3 aromatic rings. The van der Waals surface area contributed by atoms with E-state index >= 15 is 0 Å². The van der Waals surface area contributed by atoms with Crippen LogP contribution in [0.3, 0.4) is 0 Å². The Bertz CT molecular complexity index is 1030. The van der Waals surface area contributed by atoms with Gasteiger partial charge in [-0.1, -0.05) is 13.0 Å². The van der Waals surface area contributed by atoms with Crippen LogP contribution in [0.4, 0.5) is 5.69 Å². The zero-order valence-electron chi connectivity index (χ0n) is 15.1. The minimum Gasteiger partial charge on any atom is -0.347 e. The van der Waals surface area contributed by atoms with E-state index in [1.807, 2.05) is 19.9 Å². The van der Waals surface area contributed by atoms with Gasteiger partial charge in [0.05, 0.1) is 17.1 Å². The molecule has 0 saturated heterocycles. The number of carbonyl (C=O) groups is 2. The summed E-state index contributed by atoms with van der Waals surface area (Å²) in [6, 6.07) is 13.8. The first-order valence-corrected chi connectivity index (χ1v) is 8.63. The molecule has 0 bridgehead atoms. The molecular weight excluding hydrogens is 342 g/mol. The predicted molar refractivity (Wildman–Crippen MR) is 102 cm³/mol. The molecule has 1 aromatic carbocycles. The first kappa shape index (κ1) is 18.1. The van der Waals surface area contributed by atoms with Crippen molar-refractivity contribution in [2.24, 2.45) is 0 Å². The van der Waals surface area contributed by atoms with E-state index < -0.39 is 5.91 Å². The van der Waals surface area contributed by atoms with E-state index in [4.69, 9.17) is 5.26 Å². The Morgan fingerprint density at radius 1 is 1.19 bits per heavy atom. The Morgan fingerprint density at radius 2 is 1.93 bits per heavy atom. The number of nitriles is 1. The zero-order valence-corrected chi connectivity index (χ0v) is 15.1. The van der Waals surface area contributed by atoms with E-state index in [0.717, 1.165) is 6.42 Å². The lowest BCUT2D eigenvalue weighted by Gasteiger charge is -2.10. The third-order valence-corrected chi connectivity index (χ3v) is 4.23. The molecule has 0 aliphatic carbocycles. The maximum Gasteiger partial charge on any atom is 0.287 e. The number of nitrogens with one attached hydrogen (secondary N) is 2. The van der Waals surface area contributed by atoms with Gasteiger partial charge in [-0.25, -0.2) is 4.98 Å². The highest BCUT2D eigenvalue weighted by molar-refractivity contribution is 6.09. The van der Waals surface area contributed by atoms with Crippen molar-refractivity contribution in [3.63, 3.8) is 0 Å². The summed E-state index contributed by atoms with van der Waals surface area (Å²) in [4.78, 5) is 29.5. The van der Waals surface area contributed by atoms with Gasteiger partial charge in [0.15, 0.2) is 5.69 Å². The highest BCUT2D eigenvalue weighted by Crippen LogP contribution is 2.16. The smallest absolute Gasteiger partial charge is 0.287 e. The number of benzene rings is 1. The summed E-state index contributed by atoms with van der Waals surface area (Å²) in [5, 5.41) is 14.5. The van der Waals surface area contributed by atoms with E-state index in [9.17, 15) is 9.59 Å². The monoisotopic (exact) mass is 361 g/mol. The van der Waals surface area contributed by atoms with Crippen LogP contribution in [0.15, 0.2) is 48.7 Å². The van der Waals surface area contributed by atoms with Crippen LogP contribution in [0.25, 0.3) is 5.52 Å². The first-order valence-electron chi connectivity index (χ1n) is 8.63. The number of rotatable bonds is 5. The number of aromatic nitrogens is 2. The van der Waals surface area contributed by atoms with Crippen LogP contribution in [0.1, 0.15) is 46.9 Å². The lowest BCUT2D eigenvalue weighted by atomic mass is 10.2. The number of hydrogen-bond acceptors (Lipinski definition) is 4. The quantitative estimate of drug-likeness (QED) is 0.730. The molecule has 0 aliphatic rings. The van der Waals surface area contributed by atoms with Gasteiger partial charge in [-0.05, 0) is 49.7 Å². The highest BCUT2D eigenvalue weighted by atomic mass is 16.2. The number of anilines is 1. The largest absolute Gasteiger partial charge is 0.347 e. The van der Waals surface area contributed by atoms with Gasteiger partial charge >= 0.3 is 0 Å². The number of fused-ring (bicyclic) bond motifs is 1. The molecule has 27 heavy (non-hydrogen) atoms. The molecule has 0 saturated carbocycles. The van der Waals surface area contributed by atoms with Gasteiger partial charge in [0.1, 0.15) is 0 Å². The molecule has 136 valence electrons. The summed E-state index contributed by atoms with van der Waals surface area (Å²) >= 11 is 0. The molecule has 1 atom stereocenters. The predicted octanol–water partition coefficient (Wildman–Crippen LogP) is 2.99. The fourth-order valence-electron chi connectivity index (χ4n) is 2.57. The standard InChI is InChI=1S/C20H19N5O2/c1-3-13(2)22-20(27)18-24-17(16-6-4-5-11-25(16)18)19(26)23-15-9-7-14(12-21)8-10-15/h4-11,13H,3H2,1-2H3,(H,22,27)(H,23,26). The first-order chi connectivity index (χ1) is 13.0. The Labute approximate surface area is 156 Å². The minimum absolute atomic E-state index is 0.00416. The Hall–Kier alpha value is -3.66. The van der Waals surface area contributed by atoms with Crippen molar-refractivity contribution in [1.82, 2.24) is 14.7 Å². The summed E-state index contributed by atoms with van der Waals surface area (Å²) in [6.45, 7) is 3.89. The third-order valence-electron chi connectivity index (χ3n) is 4.23. The van der Waals surface area contributed by atoms with Crippen LogP contribution in [0, 0.1) is 11.3 Å². The fourth-order valence-corrected chi connectivity index (χ4v) is 2.57. The van der Waals surface area contributed by atoms with E-state index in [2.05, 4.69) is 15.6 Å². The van der Waals surface area contributed by atoms with E-state index in [1.165, 1.54) is 0 Å². The van der Waals surface area contributed by atoms with Crippen LogP contribution in [0.2, 0.25) is 0 Å². The summed E-state index contributed by atoms with van der Waals surface area (Å²) < 4.78 is 1.60. The van der Waals surface area contributed by atoms with Crippen LogP contribution < -0.4 is 10.6 Å². The van der Waals surface area contributed by atoms with Crippen molar-refractivity contribution in [2.45, 2.75) is 26.3 Å². The average Bonchev–Trinajstić information content (AvgIpc) is 3.08. The molecule has 2 amide bonds. The SMILES string of the molecule is CCC(C)NC(=O)c1nc(C(=O)Nc2ccc(C#N)cc2)c2ccccn12. The van der Waals surface area contributed by atoms with E-state index in [1.54, 1.807) is 53.1 Å². The average molecular weight is 361 g/mol. The summed E-state index contributed by atoms with van der Waals surface area (Å²) in [7, 11) is 0. The number of pyridine rings is 1. The second-order valence-corrected chi connectivity index (χ2v) is 6.17. The zero-order chi connectivity index (χ0) is 19.4. The lowest BCUT2D eigenvalue weighted by Crippen LogP contribution is -2.33. The number of imidazole rings is 1. The molecule has 2 N–H and O–H groups in total. The molecule has 0 spiro atoms. The maximum atomic E-state index is 12.7. The van der Waals surface area contributed by atoms with Crippen molar-refractivity contribution in [3.8, 4) is 6.07 Å². The van der Waals surface area contributed by atoms with Crippen molar-refractivity contribution >= 4 is 23.0 Å². The molecule has 0 aliphatic heterocycles. The van der Waals surface area contributed by atoms with E-state index in [-0.39, 0.29) is 23.5 Å². The molecule has 7 heteroatoms. The van der Waals surface area contributed by atoms with Gasteiger partial charge in [-0.2, -0.15) is 5.26 Å². The normalized spacial score (nSPS) is 11.6. The Morgan fingerprint density at radius 3 is 2.59 bits per heavy atom. The number of carbonyl (C=O) groups excluding carboxylic acids is 2. The van der Waals surface area contributed by atoms with Crippen LogP contribution in [-0.2, 0) is 0 Å². The molecule has 0 fully saturated rings. The number of nitrogens with zero attached hydrogens (tertiary/aromatic N) is 3. The molecule has 1 unspecified atom stereocenters. The van der Waals surface area contributed by atoms with Gasteiger partial charge in [-0.3, -0.25) is 14.0 Å². The highest BCUT2D eigenvalue weighted by Gasteiger charge is 2.22.